The molecule has 1 heterocycles. The summed E-state index contributed by atoms with van der Waals surface area (Å²) >= 11 is 0. The number of carbonyl (C=O) groups is 3. The maximum Gasteiger partial charge on any atom is 0.414 e. The Kier molecular flexibility index (Phi) is 9.28. The summed E-state index contributed by atoms with van der Waals surface area (Å²) in [6, 6.07) is 15.1. The van der Waals surface area contributed by atoms with Crippen LogP contribution in [-0.4, -0.2) is 52.6 Å². The zero-order chi connectivity index (χ0) is 21.9. The first-order chi connectivity index (χ1) is 14.4. The minimum Gasteiger partial charge on any atom is -0.473 e. The summed E-state index contributed by atoms with van der Waals surface area (Å²) in [5, 5.41) is 20.5. The molecule has 0 radical (unpaired) electrons. The Bertz CT molecular complexity index is 842. The first-order valence-electron chi connectivity index (χ1n) is 10.3. The molecule has 1 aliphatic rings. The van der Waals surface area contributed by atoms with E-state index in [1.165, 1.54) is 16.3 Å². The van der Waals surface area contributed by atoms with Gasteiger partial charge < -0.3 is 15.5 Å². The van der Waals surface area contributed by atoms with Gasteiger partial charge in [-0.2, -0.15) is 0 Å². The van der Waals surface area contributed by atoms with Crippen molar-refractivity contribution >= 4 is 28.6 Å². The van der Waals surface area contributed by atoms with Crippen LogP contribution < -0.4 is 5.32 Å². The number of carboxylic acid groups (broad SMARTS) is 2. The van der Waals surface area contributed by atoms with Crippen LogP contribution in [0.4, 0.5) is 0 Å². The number of piperidine rings is 1. The normalized spacial score (nSPS) is 14.6. The monoisotopic (exact) mass is 414 g/mol. The second-order valence-electron chi connectivity index (χ2n) is 7.44. The fraction of sp³-hybridized carbons (Fsp3) is 0.435. The van der Waals surface area contributed by atoms with E-state index in [9.17, 15) is 4.79 Å². The van der Waals surface area contributed by atoms with Crippen molar-refractivity contribution in [3.05, 3.63) is 48.0 Å². The lowest BCUT2D eigenvalue weighted by Gasteiger charge is -2.31. The van der Waals surface area contributed by atoms with Crippen LogP contribution in [0.25, 0.3) is 10.8 Å². The molecule has 3 rings (SSSR count). The number of hydrogen-bond acceptors (Lipinski definition) is 4. The highest BCUT2D eigenvalue weighted by atomic mass is 16.4. The standard InChI is InChI=1S/C21H28N2O.C2H2O4/c1-2-3-13-22-21(24)18-11-14-23(15-12-18)16-19-9-6-8-17-7-4-5-10-20(17)19;3-1(4)2(5)6/h4-10,18H,2-3,11-16H2,1H3,(H,22,24);(H,3,4)(H,5,6). The molecule has 0 unspecified atom stereocenters. The van der Waals surface area contributed by atoms with Crippen LogP contribution in [0.5, 0.6) is 0 Å². The lowest BCUT2D eigenvalue weighted by Crippen LogP contribution is -2.40. The predicted octanol–water partition coefficient (Wildman–Crippen LogP) is 3.12. The molecule has 3 N–H and O–H groups in total. The number of carboxylic acids is 2. The van der Waals surface area contributed by atoms with Gasteiger partial charge in [0.2, 0.25) is 5.91 Å². The van der Waals surface area contributed by atoms with Crippen molar-refractivity contribution in [1.82, 2.24) is 10.2 Å². The summed E-state index contributed by atoms with van der Waals surface area (Å²) in [5.41, 5.74) is 1.39. The number of unbranched alkanes of at least 4 members (excludes halogenated alkanes) is 1. The number of rotatable bonds is 6. The number of fused-ring (bicyclic) bond motifs is 1. The van der Waals surface area contributed by atoms with E-state index in [0.717, 1.165) is 51.9 Å². The van der Waals surface area contributed by atoms with Gasteiger partial charge in [0.05, 0.1) is 0 Å². The molecule has 7 heteroatoms. The van der Waals surface area contributed by atoms with E-state index in [1.807, 2.05) is 0 Å². The Hall–Kier alpha value is -2.93. The molecular formula is C23H30N2O5. The van der Waals surface area contributed by atoms with Crippen LogP contribution in [0, 0.1) is 5.92 Å². The highest BCUT2D eigenvalue weighted by molar-refractivity contribution is 6.27. The maximum atomic E-state index is 12.2. The number of aliphatic carboxylic acids is 2. The van der Waals surface area contributed by atoms with Gasteiger partial charge >= 0.3 is 11.9 Å². The lowest BCUT2D eigenvalue weighted by atomic mass is 9.95. The van der Waals surface area contributed by atoms with E-state index < -0.39 is 11.9 Å². The minimum atomic E-state index is -1.82. The molecule has 2 aromatic rings. The Morgan fingerprint density at radius 3 is 2.27 bits per heavy atom. The van der Waals surface area contributed by atoms with E-state index in [2.05, 4.69) is 59.6 Å². The molecule has 0 bridgehead atoms. The molecule has 1 fully saturated rings. The van der Waals surface area contributed by atoms with Crippen molar-refractivity contribution in [3.63, 3.8) is 0 Å². The molecular weight excluding hydrogens is 384 g/mol. The van der Waals surface area contributed by atoms with Crippen molar-refractivity contribution < 1.29 is 24.6 Å². The van der Waals surface area contributed by atoms with Gasteiger partial charge in [0.25, 0.3) is 0 Å². The molecule has 7 nitrogen and oxygen atoms in total. The summed E-state index contributed by atoms with van der Waals surface area (Å²) in [4.78, 5) is 32.9. The smallest absolute Gasteiger partial charge is 0.414 e. The number of nitrogens with one attached hydrogen (secondary N) is 1. The fourth-order valence-electron chi connectivity index (χ4n) is 3.56. The van der Waals surface area contributed by atoms with Crippen LogP contribution in [0.2, 0.25) is 0 Å². The number of carbonyl (C=O) groups excluding carboxylic acids is 1. The van der Waals surface area contributed by atoms with Gasteiger partial charge in [-0.1, -0.05) is 55.8 Å². The Morgan fingerprint density at radius 2 is 1.63 bits per heavy atom. The molecule has 1 aliphatic heterocycles. The van der Waals surface area contributed by atoms with Crippen LogP contribution in [0.1, 0.15) is 38.2 Å². The highest BCUT2D eigenvalue weighted by Gasteiger charge is 2.24. The lowest BCUT2D eigenvalue weighted by molar-refractivity contribution is -0.159. The number of nitrogens with zero attached hydrogens (tertiary/aromatic N) is 1. The summed E-state index contributed by atoms with van der Waals surface area (Å²) < 4.78 is 0. The third-order valence-corrected chi connectivity index (χ3v) is 5.24. The Morgan fingerprint density at radius 1 is 1.00 bits per heavy atom. The molecule has 1 amide bonds. The molecule has 0 aromatic heterocycles. The van der Waals surface area contributed by atoms with Gasteiger partial charge in [0.15, 0.2) is 0 Å². The van der Waals surface area contributed by atoms with Gasteiger partial charge in [-0.15, -0.1) is 0 Å². The van der Waals surface area contributed by atoms with E-state index >= 15 is 0 Å². The third kappa shape index (κ3) is 7.15. The summed E-state index contributed by atoms with van der Waals surface area (Å²) in [6.45, 7) is 5.97. The van der Waals surface area contributed by atoms with Crippen molar-refractivity contribution in [2.24, 2.45) is 5.92 Å². The van der Waals surface area contributed by atoms with E-state index in [0.29, 0.717) is 0 Å². The summed E-state index contributed by atoms with van der Waals surface area (Å²) in [6.07, 6.45) is 4.15. The van der Waals surface area contributed by atoms with Crippen molar-refractivity contribution in [1.29, 1.82) is 0 Å². The van der Waals surface area contributed by atoms with Gasteiger partial charge in [0, 0.05) is 19.0 Å². The second-order valence-corrected chi connectivity index (χ2v) is 7.44. The SMILES string of the molecule is CCCCNC(=O)C1CCN(Cc2cccc3ccccc23)CC1.O=C(O)C(=O)O. The number of amides is 1. The quantitative estimate of drug-likeness (QED) is 0.495. The largest absolute Gasteiger partial charge is 0.473 e. The minimum absolute atomic E-state index is 0.200. The zero-order valence-corrected chi connectivity index (χ0v) is 17.3. The van der Waals surface area contributed by atoms with E-state index in [4.69, 9.17) is 19.8 Å². The summed E-state index contributed by atoms with van der Waals surface area (Å²) in [5.74, 6) is -3.19. The first-order valence-corrected chi connectivity index (χ1v) is 10.3. The van der Waals surface area contributed by atoms with E-state index in [-0.39, 0.29) is 11.8 Å². The average Bonchev–Trinajstić information content (AvgIpc) is 2.75. The average molecular weight is 415 g/mol. The highest BCUT2D eigenvalue weighted by Crippen LogP contribution is 2.23. The molecule has 0 spiro atoms. The predicted molar refractivity (Wildman–Crippen MR) is 115 cm³/mol. The molecule has 0 atom stereocenters. The van der Waals surface area contributed by atoms with Crippen molar-refractivity contribution in [3.8, 4) is 0 Å². The van der Waals surface area contributed by atoms with Crippen LogP contribution in [0.15, 0.2) is 42.5 Å². The zero-order valence-electron chi connectivity index (χ0n) is 17.3. The molecule has 1 saturated heterocycles. The van der Waals surface area contributed by atoms with Gasteiger partial charge in [-0.25, -0.2) is 9.59 Å². The van der Waals surface area contributed by atoms with Crippen molar-refractivity contribution in [2.45, 2.75) is 39.2 Å². The molecule has 162 valence electrons. The third-order valence-electron chi connectivity index (χ3n) is 5.24. The number of likely N-dealkylation sites (tertiary alicyclic amines) is 1. The van der Waals surface area contributed by atoms with Crippen LogP contribution in [0.3, 0.4) is 0 Å². The number of hydrogen-bond donors (Lipinski definition) is 3. The molecule has 0 aliphatic carbocycles. The Labute approximate surface area is 176 Å². The first kappa shape index (κ1) is 23.3. The van der Waals surface area contributed by atoms with Gasteiger partial charge in [-0.3, -0.25) is 9.69 Å². The fourth-order valence-corrected chi connectivity index (χ4v) is 3.56. The maximum absolute atomic E-state index is 12.2. The van der Waals surface area contributed by atoms with E-state index in [1.54, 1.807) is 0 Å². The topological polar surface area (TPSA) is 107 Å². The summed E-state index contributed by atoms with van der Waals surface area (Å²) in [7, 11) is 0. The van der Waals surface area contributed by atoms with Gasteiger partial charge in [-0.05, 0) is 48.7 Å². The number of benzene rings is 2. The van der Waals surface area contributed by atoms with Crippen LogP contribution >= 0.6 is 0 Å². The molecule has 0 saturated carbocycles. The Balaban J connectivity index is 0.000000469. The van der Waals surface area contributed by atoms with Crippen molar-refractivity contribution in [2.75, 3.05) is 19.6 Å². The molecule has 2 aromatic carbocycles. The van der Waals surface area contributed by atoms with Gasteiger partial charge in [0.1, 0.15) is 0 Å². The second kappa shape index (κ2) is 11.9. The van der Waals surface area contributed by atoms with Crippen LogP contribution in [-0.2, 0) is 20.9 Å². The molecule has 30 heavy (non-hydrogen) atoms.